The van der Waals surface area contributed by atoms with Crippen LogP contribution in [0.25, 0.3) is 0 Å². The van der Waals surface area contributed by atoms with E-state index in [-0.39, 0.29) is 18.4 Å². The molecule has 0 spiro atoms. The zero-order chi connectivity index (χ0) is 15.1. The number of hydrogen-bond acceptors (Lipinski definition) is 3. The van der Waals surface area contributed by atoms with E-state index in [4.69, 9.17) is 9.84 Å². The van der Waals surface area contributed by atoms with Crippen molar-refractivity contribution < 1.29 is 19.4 Å². The van der Waals surface area contributed by atoms with Gasteiger partial charge in [-0.15, -0.1) is 0 Å². The van der Waals surface area contributed by atoms with Crippen molar-refractivity contribution in [2.24, 2.45) is 5.92 Å². The first-order valence-corrected chi connectivity index (χ1v) is 6.57. The van der Waals surface area contributed by atoms with E-state index in [2.05, 4.69) is 5.32 Å². The van der Waals surface area contributed by atoms with Gasteiger partial charge in [-0.3, -0.25) is 9.59 Å². The molecule has 20 heavy (non-hydrogen) atoms. The van der Waals surface area contributed by atoms with Gasteiger partial charge in [-0.25, -0.2) is 0 Å². The Labute approximate surface area is 118 Å². The van der Waals surface area contributed by atoms with Crippen LogP contribution in [-0.4, -0.2) is 30.6 Å². The number of amides is 1. The number of nitrogens with one attached hydrogen (secondary N) is 1. The van der Waals surface area contributed by atoms with Gasteiger partial charge in [0.2, 0.25) is 5.91 Å². The highest BCUT2D eigenvalue weighted by Gasteiger charge is 2.15. The van der Waals surface area contributed by atoms with Gasteiger partial charge in [0, 0.05) is 13.0 Å². The average Bonchev–Trinajstić information content (AvgIpc) is 2.44. The lowest BCUT2D eigenvalue weighted by molar-refractivity contribution is -0.141. The Balaban J connectivity index is 2.50. The van der Waals surface area contributed by atoms with Gasteiger partial charge in [0.05, 0.1) is 13.0 Å². The maximum atomic E-state index is 11.8. The first-order valence-electron chi connectivity index (χ1n) is 6.57. The molecule has 0 radical (unpaired) electrons. The smallest absolute Gasteiger partial charge is 0.308 e. The summed E-state index contributed by atoms with van der Waals surface area (Å²) < 4.78 is 5.15. The Morgan fingerprint density at radius 3 is 2.65 bits per heavy atom. The van der Waals surface area contributed by atoms with Crippen LogP contribution in [0, 0.1) is 5.92 Å². The van der Waals surface area contributed by atoms with E-state index >= 15 is 0 Å². The van der Waals surface area contributed by atoms with Gasteiger partial charge in [0.25, 0.3) is 0 Å². The summed E-state index contributed by atoms with van der Waals surface area (Å²) >= 11 is 0. The molecule has 1 aromatic rings. The summed E-state index contributed by atoms with van der Waals surface area (Å²) in [5, 5.41) is 11.4. The third kappa shape index (κ3) is 4.91. The Kier molecular flexibility index (Phi) is 6.03. The zero-order valence-electron chi connectivity index (χ0n) is 12.1. The number of aliphatic carboxylic acids is 1. The molecule has 0 saturated heterocycles. The van der Waals surface area contributed by atoms with Crippen LogP contribution in [0.15, 0.2) is 24.3 Å². The molecule has 1 aromatic carbocycles. The molecule has 2 N–H and O–H groups in total. The number of rotatable bonds is 7. The predicted octanol–water partition coefficient (Wildman–Crippen LogP) is 2.03. The maximum Gasteiger partial charge on any atom is 0.308 e. The number of carbonyl (C=O) groups excluding carboxylic acids is 1. The number of methoxy groups -OCH3 is 1. The topological polar surface area (TPSA) is 75.6 Å². The third-order valence-corrected chi connectivity index (χ3v) is 3.18. The summed E-state index contributed by atoms with van der Waals surface area (Å²) in [6.45, 7) is 3.67. The van der Waals surface area contributed by atoms with Crippen LogP contribution in [-0.2, 0) is 9.59 Å². The van der Waals surface area contributed by atoms with Crippen molar-refractivity contribution in [3.05, 3.63) is 29.8 Å². The zero-order valence-corrected chi connectivity index (χ0v) is 12.1. The fraction of sp³-hybridized carbons (Fsp3) is 0.467. The van der Waals surface area contributed by atoms with Crippen molar-refractivity contribution in [3.63, 3.8) is 0 Å². The first kappa shape index (κ1) is 16.0. The second kappa shape index (κ2) is 7.53. The van der Waals surface area contributed by atoms with Crippen molar-refractivity contribution in [3.8, 4) is 5.75 Å². The standard InChI is InChI=1S/C15H21NO4/c1-10(12-5-4-6-13(8-12)20-3)7-14(17)16-9-11(2)15(18)19/h4-6,8,10-11H,7,9H2,1-3H3,(H,16,17)(H,18,19). The largest absolute Gasteiger partial charge is 0.497 e. The van der Waals surface area contributed by atoms with Crippen molar-refractivity contribution in [1.29, 1.82) is 0 Å². The molecule has 1 amide bonds. The second-order valence-corrected chi connectivity index (χ2v) is 4.93. The average molecular weight is 279 g/mol. The predicted molar refractivity (Wildman–Crippen MR) is 75.8 cm³/mol. The minimum Gasteiger partial charge on any atom is -0.497 e. The van der Waals surface area contributed by atoms with E-state index in [9.17, 15) is 9.59 Å². The van der Waals surface area contributed by atoms with Crippen molar-refractivity contribution >= 4 is 11.9 Å². The molecule has 5 heteroatoms. The van der Waals surface area contributed by atoms with Gasteiger partial charge in [-0.1, -0.05) is 26.0 Å². The highest BCUT2D eigenvalue weighted by molar-refractivity contribution is 5.78. The number of ether oxygens (including phenoxy) is 1. The van der Waals surface area contributed by atoms with Gasteiger partial charge in [-0.2, -0.15) is 0 Å². The normalized spacial score (nSPS) is 13.3. The van der Waals surface area contributed by atoms with Gasteiger partial charge < -0.3 is 15.2 Å². The molecular formula is C15H21NO4. The van der Waals surface area contributed by atoms with E-state index in [1.165, 1.54) is 0 Å². The number of benzene rings is 1. The summed E-state index contributed by atoms with van der Waals surface area (Å²) in [7, 11) is 1.60. The third-order valence-electron chi connectivity index (χ3n) is 3.18. The van der Waals surface area contributed by atoms with Crippen LogP contribution in [0.2, 0.25) is 0 Å². The maximum absolute atomic E-state index is 11.8. The quantitative estimate of drug-likeness (QED) is 0.800. The summed E-state index contributed by atoms with van der Waals surface area (Å²) in [5.41, 5.74) is 1.02. The van der Waals surface area contributed by atoms with Crippen molar-refractivity contribution in [2.45, 2.75) is 26.2 Å². The molecule has 110 valence electrons. The van der Waals surface area contributed by atoms with E-state index < -0.39 is 11.9 Å². The second-order valence-electron chi connectivity index (χ2n) is 4.93. The lowest BCUT2D eigenvalue weighted by Crippen LogP contribution is -2.32. The Morgan fingerprint density at radius 2 is 2.05 bits per heavy atom. The molecule has 2 unspecified atom stereocenters. The molecule has 5 nitrogen and oxygen atoms in total. The van der Waals surface area contributed by atoms with Crippen LogP contribution < -0.4 is 10.1 Å². The van der Waals surface area contributed by atoms with E-state index in [0.717, 1.165) is 11.3 Å². The molecule has 0 saturated carbocycles. The molecule has 2 atom stereocenters. The molecule has 0 aliphatic carbocycles. The molecule has 1 rings (SSSR count). The van der Waals surface area contributed by atoms with Gasteiger partial charge in [-0.05, 0) is 23.6 Å². The van der Waals surface area contributed by atoms with Crippen LogP contribution in [0.5, 0.6) is 5.75 Å². The molecule has 0 aromatic heterocycles. The van der Waals surface area contributed by atoms with Crippen molar-refractivity contribution in [2.75, 3.05) is 13.7 Å². The molecule has 0 aliphatic rings. The minimum absolute atomic E-state index is 0.0465. The molecule has 0 heterocycles. The molecule has 0 fully saturated rings. The van der Waals surface area contributed by atoms with Gasteiger partial charge in [0.1, 0.15) is 5.75 Å². The van der Waals surface area contributed by atoms with Crippen LogP contribution >= 0.6 is 0 Å². The fourth-order valence-corrected chi connectivity index (χ4v) is 1.77. The van der Waals surface area contributed by atoms with E-state index in [0.29, 0.717) is 6.42 Å². The fourth-order valence-electron chi connectivity index (χ4n) is 1.77. The summed E-state index contributed by atoms with van der Waals surface area (Å²) in [6, 6.07) is 7.58. The monoisotopic (exact) mass is 279 g/mol. The number of carbonyl (C=O) groups is 2. The van der Waals surface area contributed by atoms with E-state index in [1.807, 2.05) is 31.2 Å². The van der Waals surface area contributed by atoms with Crippen LogP contribution in [0.1, 0.15) is 31.7 Å². The molecule has 0 aliphatic heterocycles. The van der Waals surface area contributed by atoms with Crippen molar-refractivity contribution in [1.82, 2.24) is 5.32 Å². The number of carboxylic acids is 1. The molecular weight excluding hydrogens is 258 g/mol. The SMILES string of the molecule is COc1cccc(C(C)CC(=O)NCC(C)C(=O)O)c1. The Bertz CT molecular complexity index is 473. The summed E-state index contributed by atoms with van der Waals surface area (Å²) in [6.07, 6.45) is 0.319. The number of carboxylic acid groups (broad SMARTS) is 1. The van der Waals surface area contributed by atoms with Gasteiger partial charge in [0.15, 0.2) is 0 Å². The van der Waals surface area contributed by atoms with Crippen LogP contribution in [0.4, 0.5) is 0 Å². The summed E-state index contributed by atoms with van der Waals surface area (Å²) in [5.74, 6) is -0.829. The van der Waals surface area contributed by atoms with Crippen LogP contribution in [0.3, 0.4) is 0 Å². The minimum atomic E-state index is -0.911. The highest BCUT2D eigenvalue weighted by atomic mass is 16.5. The molecule has 0 bridgehead atoms. The van der Waals surface area contributed by atoms with Gasteiger partial charge >= 0.3 is 5.97 Å². The lowest BCUT2D eigenvalue weighted by atomic mass is 9.97. The lowest BCUT2D eigenvalue weighted by Gasteiger charge is -2.14. The Morgan fingerprint density at radius 1 is 1.35 bits per heavy atom. The summed E-state index contributed by atoms with van der Waals surface area (Å²) in [4.78, 5) is 22.4. The van der Waals surface area contributed by atoms with E-state index in [1.54, 1.807) is 14.0 Å². The first-order chi connectivity index (χ1) is 9.43. The Hall–Kier alpha value is -2.04. The number of hydrogen-bond donors (Lipinski definition) is 2. The highest BCUT2D eigenvalue weighted by Crippen LogP contribution is 2.22.